The van der Waals surface area contributed by atoms with Crippen LogP contribution in [-0.2, 0) is 11.0 Å². The maximum absolute atomic E-state index is 7.23. The zero-order valence-corrected chi connectivity index (χ0v) is 29.5. The highest BCUT2D eigenvalue weighted by atomic mass is 28.4. The molecule has 5 rings (SSSR count). The van der Waals surface area contributed by atoms with E-state index in [-0.39, 0.29) is 17.0 Å². The number of nitrogens with zero attached hydrogens (tertiary/aromatic N) is 5. The number of aromatic nitrogens is 5. The van der Waals surface area contributed by atoms with Gasteiger partial charge in [0.05, 0.1) is 25.5 Å². The molecule has 3 heterocycles. The Bertz CT molecular complexity index is 1760. The summed E-state index contributed by atoms with van der Waals surface area (Å²) in [4.78, 5) is 13.7. The van der Waals surface area contributed by atoms with E-state index in [0.29, 0.717) is 24.5 Å². The molecule has 0 amide bonds. The number of benzene rings is 2. The number of methoxy groups -OCH3 is 1. The standard InChI is InChI=1S/C37H47N7O2Si/c1-8-15-28(20-21-46-47(37(4,5)6,29-16-11-9-12-17-29)30-18-13-10-14-19-30)41-35-34-32(42-36(38)43-35)24-40-44(34)25-27-23-39-31(26(2)3)22-33(27)45-7/h9-14,16-19,22-24,28H,2,8,15,20-21,25H2,1,3-7H3,(H3,38,41,42,43)/t28-/m0/s1. The van der Waals surface area contributed by atoms with Gasteiger partial charge in [-0.05, 0) is 40.8 Å². The van der Waals surface area contributed by atoms with Crippen molar-refractivity contribution in [3.8, 4) is 5.75 Å². The fraction of sp³-hybridized carbons (Fsp3) is 0.351. The fourth-order valence-electron chi connectivity index (χ4n) is 6.35. The van der Waals surface area contributed by atoms with Gasteiger partial charge in [-0.2, -0.15) is 10.1 Å². The summed E-state index contributed by atoms with van der Waals surface area (Å²) >= 11 is 0. The highest BCUT2D eigenvalue weighted by molar-refractivity contribution is 6.99. The average Bonchev–Trinajstić information content (AvgIpc) is 3.45. The summed E-state index contributed by atoms with van der Waals surface area (Å²) in [5.41, 5.74) is 10.2. The van der Waals surface area contributed by atoms with Crippen LogP contribution in [-0.4, -0.2) is 52.8 Å². The first kappa shape index (κ1) is 33.8. The van der Waals surface area contributed by atoms with Crippen LogP contribution in [0.5, 0.6) is 5.75 Å². The predicted octanol–water partition coefficient (Wildman–Crippen LogP) is 6.44. The minimum absolute atomic E-state index is 0.0881. The smallest absolute Gasteiger partial charge is 0.261 e. The van der Waals surface area contributed by atoms with Crippen LogP contribution in [0.3, 0.4) is 0 Å². The van der Waals surface area contributed by atoms with Gasteiger partial charge in [0, 0.05) is 30.5 Å². The molecular formula is C37H47N7O2Si. The van der Waals surface area contributed by atoms with Crippen molar-refractivity contribution in [3.05, 3.63) is 97.0 Å². The van der Waals surface area contributed by atoms with Crippen molar-refractivity contribution < 1.29 is 9.16 Å². The number of anilines is 2. The van der Waals surface area contributed by atoms with E-state index in [1.54, 1.807) is 13.3 Å². The van der Waals surface area contributed by atoms with Crippen molar-refractivity contribution in [1.82, 2.24) is 24.7 Å². The molecule has 2 aromatic carbocycles. The van der Waals surface area contributed by atoms with Gasteiger partial charge in [0.15, 0.2) is 5.82 Å². The number of rotatable bonds is 14. The van der Waals surface area contributed by atoms with Gasteiger partial charge < -0.3 is 20.2 Å². The highest BCUT2D eigenvalue weighted by Crippen LogP contribution is 2.37. The van der Waals surface area contributed by atoms with Crippen LogP contribution < -0.4 is 26.2 Å². The molecule has 1 atom stereocenters. The Morgan fingerprint density at radius 2 is 1.66 bits per heavy atom. The van der Waals surface area contributed by atoms with E-state index < -0.39 is 8.32 Å². The monoisotopic (exact) mass is 649 g/mol. The Hall–Kier alpha value is -4.54. The van der Waals surface area contributed by atoms with E-state index in [0.717, 1.165) is 47.4 Å². The van der Waals surface area contributed by atoms with Gasteiger partial charge in [0.1, 0.15) is 16.8 Å². The Labute approximate surface area is 279 Å². The number of allylic oxidation sites excluding steroid dienone is 1. The lowest BCUT2D eigenvalue weighted by molar-refractivity contribution is 0.281. The van der Waals surface area contributed by atoms with Crippen LogP contribution in [0.1, 0.15) is 65.1 Å². The molecule has 0 bridgehead atoms. The van der Waals surface area contributed by atoms with Crippen LogP contribution >= 0.6 is 0 Å². The third kappa shape index (κ3) is 7.23. The zero-order valence-electron chi connectivity index (χ0n) is 28.5. The summed E-state index contributed by atoms with van der Waals surface area (Å²) in [6, 6.07) is 23.5. The Morgan fingerprint density at radius 1 is 1.00 bits per heavy atom. The second kappa shape index (κ2) is 14.5. The van der Waals surface area contributed by atoms with Gasteiger partial charge in [-0.3, -0.25) is 9.67 Å². The summed E-state index contributed by atoms with van der Waals surface area (Å²) in [7, 11) is -1.00. The minimum Gasteiger partial charge on any atom is -0.496 e. The third-order valence-corrected chi connectivity index (χ3v) is 13.6. The van der Waals surface area contributed by atoms with E-state index in [2.05, 4.69) is 120 Å². The lowest BCUT2D eigenvalue weighted by Gasteiger charge is -2.43. The number of nitrogen functional groups attached to an aromatic ring is 1. The van der Waals surface area contributed by atoms with Gasteiger partial charge in [-0.1, -0.05) is 101 Å². The maximum Gasteiger partial charge on any atom is 0.261 e. The van der Waals surface area contributed by atoms with Gasteiger partial charge in [0.2, 0.25) is 5.95 Å². The number of nitrogens with one attached hydrogen (secondary N) is 1. The molecule has 0 unspecified atom stereocenters. The topological polar surface area (TPSA) is 113 Å². The Balaban J connectivity index is 1.44. The number of hydrogen-bond acceptors (Lipinski definition) is 8. The molecule has 10 heteroatoms. The first-order valence-corrected chi connectivity index (χ1v) is 18.2. The molecule has 5 aromatic rings. The van der Waals surface area contributed by atoms with Crippen molar-refractivity contribution >= 4 is 47.1 Å². The molecule has 0 fully saturated rings. The molecule has 0 saturated heterocycles. The number of nitrogens with two attached hydrogens (primary N) is 1. The molecule has 3 N–H and O–H groups in total. The normalized spacial score (nSPS) is 12.6. The lowest BCUT2D eigenvalue weighted by atomic mass is 10.1. The highest BCUT2D eigenvalue weighted by Gasteiger charge is 2.50. The van der Waals surface area contributed by atoms with Crippen LogP contribution in [0.15, 0.2) is 85.7 Å². The number of hydrogen-bond donors (Lipinski definition) is 2. The summed E-state index contributed by atoms with van der Waals surface area (Å²) in [5, 5.41) is 10.8. The fourth-order valence-corrected chi connectivity index (χ4v) is 10.9. The van der Waals surface area contributed by atoms with E-state index in [9.17, 15) is 0 Å². The summed E-state index contributed by atoms with van der Waals surface area (Å²) in [5.74, 6) is 1.57. The molecule has 47 heavy (non-hydrogen) atoms. The van der Waals surface area contributed by atoms with E-state index >= 15 is 0 Å². The first-order chi connectivity index (χ1) is 22.6. The second-order valence-electron chi connectivity index (χ2n) is 13.1. The summed E-state index contributed by atoms with van der Waals surface area (Å²) in [6.45, 7) is 16.1. The molecule has 0 aliphatic rings. The van der Waals surface area contributed by atoms with Crippen molar-refractivity contribution in [1.29, 1.82) is 0 Å². The molecule has 9 nitrogen and oxygen atoms in total. The molecule has 0 saturated carbocycles. The summed E-state index contributed by atoms with van der Waals surface area (Å²) < 4.78 is 14.8. The average molecular weight is 650 g/mol. The first-order valence-electron chi connectivity index (χ1n) is 16.3. The number of pyridine rings is 1. The molecule has 0 radical (unpaired) electrons. The van der Waals surface area contributed by atoms with E-state index in [1.165, 1.54) is 10.4 Å². The molecule has 0 spiro atoms. The third-order valence-electron chi connectivity index (χ3n) is 8.61. The Morgan fingerprint density at radius 3 is 2.23 bits per heavy atom. The van der Waals surface area contributed by atoms with Crippen LogP contribution in [0.25, 0.3) is 16.6 Å². The van der Waals surface area contributed by atoms with E-state index in [1.807, 2.05) is 23.9 Å². The van der Waals surface area contributed by atoms with E-state index in [4.69, 9.17) is 14.9 Å². The SMILES string of the molecule is C=C(C)c1cc(OC)c(Cn2ncc3nc(N)nc(N[C@@H](CCC)CCO[Si](c4ccccc4)(c4ccccc4)C(C)(C)C)c32)cn1. The van der Waals surface area contributed by atoms with Crippen molar-refractivity contribution in [2.45, 2.75) is 71.5 Å². The quantitative estimate of drug-likeness (QED) is 0.132. The number of fused-ring (bicyclic) bond motifs is 1. The van der Waals surface area contributed by atoms with Gasteiger partial charge >= 0.3 is 0 Å². The van der Waals surface area contributed by atoms with Crippen LogP contribution in [0.2, 0.25) is 5.04 Å². The largest absolute Gasteiger partial charge is 0.496 e. The zero-order chi connectivity index (χ0) is 33.6. The Kier molecular flexibility index (Phi) is 10.4. The lowest BCUT2D eigenvalue weighted by Crippen LogP contribution is -2.66. The van der Waals surface area contributed by atoms with Crippen molar-refractivity contribution in [2.75, 3.05) is 24.8 Å². The minimum atomic E-state index is -2.66. The summed E-state index contributed by atoms with van der Waals surface area (Å²) in [6.07, 6.45) is 6.25. The van der Waals surface area contributed by atoms with Crippen molar-refractivity contribution in [3.63, 3.8) is 0 Å². The van der Waals surface area contributed by atoms with Crippen LogP contribution in [0.4, 0.5) is 11.8 Å². The molecular weight excluding hydrogens is 603 g/mol. The predicted molar refractivity (Wildman–Crippen MR) is 195 cm³/mol. The maximum atomic E-state index is 7.23. The number of ether oxygens (including phenoxy) is 1. The second-order valence-corrected chi connectivity index (χ2v) is 17.4. The van der Waals surface area contributed by atoms with Crippen molar-refractivity contribution in [2.24, 2.45) is 0 Å². The van der Waals surface area contributed by atoms with Gasteiger partial charge in [-0.15, -0.1) is 0 Å². The van der Waals surface area contributed by atoms with Gasteiger partial charge in [-0.25, -0.2) is 4.98 Å². The molecule has 246 valence electrons. The molecule has 0 aliphatic carbocycles. The molecule has 3 aromatic heterocycles. The van der Waals surface area contributed by atoms with Crippen LogP contribution in [0, 0.1) is 0 Å². The van der Waals surface area contributed by atoms with Gasteiger partial charge in [0.25, 0.3) is 8.32 Å². The molecule has 0 aliphatic heterocycles.